The largest absolute Gasteiger partial charge is 0.295 e. The van der Waals surface area contributed by atoms with Crippen molar-refractivity contribution < 1.29 is 9.59 Å². The summed E-state index contributed by atoms with van der Waals surface area (Å²) in [6.45, 7) is 2.16. The maximum Gasteiger partial charge on any atom is 0.229 e. The lowest BCUT2D eigenvalue weighted by Gasteiger charge is -2.18. The van der Waals surface area contributed by atoms with E-state index in [9.17, 15) is 9.59 Å². The van der Waals surface area contributed by atoms with Gasteiger partial charge >= 0.3 is 0 Å². The van der Waals surface area contributed by atoms with Crippen LogP contribution in [0.2, 0.25) is 0 Å². The number of amides is 1. The monoisotopic (exact) mass is 303 g/mol. The first-order valence-electron chi connectivity index (χ1n) is 6.37. The Morgan fingerprint density at radius 3 is 2.95 bits per heavy atom. The summed E-state index contributed by atoms with van der Waals surface area (Å²) in [6.07, 6.45) is 1.90. The molecule has 1 atom stereocenters. The number of hydrogen-bond acceptors (Lipinski definition) is 6. The lowest BCUT2D eigenvalue weighted by molar-refractivity contribution is -0.117. The molecule has 1 aliphatic rings. The fourth-order valence-corrected chi connectivity index (χ4v) is 3.17. The number of hydrogen-bond donors (Lipinski definition) is 0. The number of carbonyl (C=O) groups excluding carboxylic acids is 2. The van der Waals surface area contributed by atoms with Crippen molar-refractivity contribution in [1.29, 1.82) is 10.5 Å². The Hall–Kier alpha value is -2.32. The first-order valence-corrected chi connectivity index (χ1v) is 7.25. The predicted octanol–water partition coefficient (Wildman–Crippen LogP) is 1.05. The smallest absolute Gasteiger partial charge is 0.229 e. The summed E-state index contributed by atoms with van der Waals surface area (Å²) in [5.41, 5.74) is 0.301. The average molecular weight is 303 g/mol. The molecule has 0 saturated carbocycles. The number of anilines is 1. The molecular weight excluding hydrogens is 290 g/mol. The summed E-state index contributed by atoms with van der Waals surface area (Å²) < 4.78 is 1.50. The van der Waals surface area contributed by atoms with Gasteiger partial charge in [-0.25, -0.2) is 4.68 Å². The topological polar surface area (TPSA) is 103 Å². The van der Waals surface area contributed by atoms with Crippen LogP contribution in [0.25, 0.3) is 0 Å². The molecule has 0 radical (unpaired) electrons. The minimum Gasteiger partial charge on any atom is -0.295 e. The van der Waals surface area contributed by atoms with Crippen LogP contribution >= 0.6 is 11.8 Å². The predicted molar refractivity (Wildman–Crippen MR) is 76.2 cm³/mol. The third-order valence-electron chi connectivity index (χ3n) is 3.05. The Kier molecular flexibility index (Phi) is 4.61. The zero-order valence-corrected chi connectivity index (χ0v) is 12.3. The molecule has 7 nitrogen and oxygen atoms in total. The fourth-order valence-electron chi connectivity index (χ4n) is 2.26. The number of thioether (sulfide) groups is 1. The third kappa shape index (κ3) is 3.23. The molecule has 108 valence electrons. The molecule has 2 heterocycles. The van der Waals surface area contributed by atoms with Crippen LogP contribution in [0.3, 0.4) is 0 Å². The fraction of sp³-hybridized carbons (Fsp3) is 0.462. The van der Waals surface area contributed by atoms with Crippen molar-refractivity contribution in [3.8, 4) is 12.1 Å². The Morgan fingerprint density at radius 1 is 1.57 bits per heavy atom. The van der Waals surface area contributed by atoms with E-state index in [0.717, 1.165) is 11.8 Å². The number of nitrogens with zero attached hydrogens (tertiary/aromatic N) is 5. The average Bonchev–Trinajstić information content (AvgIpc) is 2.98. The molecule has 2 rings (SSSR count). The summed E-state index contributed by atoms with van der Waals surface area (Å²) in [4.78, 5) is 24.8. The number of rotatable bonds is 4. The second kappa shape index (κ2) is 6.42. The van der Waals surface area contributed by atoms with Crippen LogP contribution < -0.4 is 4.90 Å². The van der Waals surface area contributed by atoms with Crippen LogP contribution in [-0.2, 0) is 16.1 Å². The van der Waals surface area contributed by atoms with Gasteiger partial charge in [-0.3, -0.25) is 14.5 Å². The number of aromatic nitrogens is 2. The highest BCUT2D eigenvalue weighted by Crippen LogP contribution is 2.30. The van der Waals surface area contributed by atoms with Crippen LogP contribution in [-0.4, -0.2) is 32.6 Å². The van der Waals surface area contributed by atoms with Crippen molar-refractivity contribution in [3.05, 3.63) is 11.8 Å². The van der Waals surface area contributed by atoms with Gasteiger partial charge in [-0.1, -0.05) is 11.8 Å². The van der Waals surface area contributed by atoms with Crippen molar-refractivity contribution >= 4 is 28.6 Å². The van der Waals surface area contributed by atoms with Gasteiger partial charge in [0.2, 0.25) is 5.91 Å². The van der Waals surface area contributed by atoms with Gasteiger partial charge in [-0.05, 0) is 0 Å². The van der Waals surface area contributed by atoms with E-state index in [2.05, 4.69) is 5.10 Å². The van der Waals surface area contributed by atoms with Crippen LogP contribution in [0.1, 0.15) is 25.3 Å². The highest BCUT2D eigenvalue weighted by Gasteiger charge is 2.35. The quantitative estimate of drug-likeness (QED) is 0.823. The molecule has 1 aromatic heterocycles. The zero-order chi connectivity index (χ0) is 15.4. The van der Waals surface area contributed by atoms with Gasteiger partial charge in [-0.15, -0.1) is 0 Å². The first kappa shape index (κ1) is 15.1. The van der Waals surface area contributed by atoms with Gasteiger partial charge in [0.15, 0.2) is 10.9 Å². The van der Waals surface area contributed by atoms with E-state index >= 15 is 0 Å². The molecule has 0 aromatic carbocycles. The van der Waals surface area contributed by atoms with E-state index < -0.39 is 0 Å². The van der Waals surface area contributed by atoms with Crippen molar-refractivity contribution in [3.63, 3.8) is 0 Å². The van der Waals surface area contributed by atoms with Crippen LogP contribution in [0.5, 0.6) is 0 Å². The maximum atomic E-state index is 12.1. The Morgan fingerprint density at radius 2 is 2.33 bits per heavy atom. The maximum absolute atomic E-state index is 12.1. The Balaban J connectivity index is 2.27. The van der Waals surface area contributed by atoms with Gasteiger partial charge in [0.25, 0.3) is 0 Å². The normalized spacial score (nSPS) is 17.6. The second-order valence-corrected chi connectivity index (χ2v) is 6.04. The van der Waals surface area contributed by atoms with Gasteiger partial charge in [0, 0.05) is 25.1 Å². The lowest BCUT2D eigenvalue weighted by atomic mass is 10.3. The molecule has 1 aromatic rings. The molecule has 1 amide bonds. The summed E-state index contributed by atoms with van der Waals surface area (Å²) >= 11 is 1.14. The Bertz CT molecular complexity index is 654. The molecule has 1 unspecified atom stereocenters. The summed E-state index contributed by atoms with van der Waals surface area (Å²) in [5, 5.41) is 21.7. The van der Waals surface area contributed by atoms with Crippen molar-refractivity contribution in [2.45, 2.75) is 31.6 Å². The molecule has 0 spiro atoms. The summed E-state index contributed by atoms with van der Waals surface area (Å²) in [6, 6.07) is 4.02. The molecule has 21 heavy (non-hydrogen) atoms. The van der Waals surface area contributed by atoms with Crippen molar-refractivity contribution in [1.82, 2.24) is 9.78 Å². The molecule has 8 heteroatoms. The standard InChI is InChI=1S/C13H13N5O2S/c1-9(19)21-11-5-12(20)17(8-11)13-10(6-15)7-16-18(13)4-2-3-14/h7,11H,2,4-5,8H2,1H3. The second-order valence-electron chi connectivity index (χ2n) is 4.56. The highest BCUT2D eigenvalue weighted by molar-refractivity contribution is 8.14. The van der Waals surface area contributed by atoms with Crippen LogP contribution in [0.4, 0.5) is 5.82 Å². The number of aryl methyl sites for hydroxylation is 1. The van der Waals surface area contributed by atoms with E-state index in [4.69, 9.17) is 10.5 Å². The van der Waals surface area contributed by atoms with E-state index in [1.54, 1.807) is 0 Å². The molecule has 1 saturated heterocycles. The van der Waals surface area contributed by atoms with E-state index in [1.807, 2.05) is 12.1 Å². The Labute approximate surface area is 126 Å². The number of carbonyl (C=O) groups is 2. The first-order chi connectivity index (χ1) is 10.1. The van der Waals surface area contributed by atoms with Gasteiger partial charge in [0.1, 0.15) is 11.6 Å². The summed E-state index contributed by atoms with van der Waals surface area (Å²) in [5.74, 6) is 0.286. The SMILES string of the molecule is CC(=O)SC1CC(=O)N(c2c(C#N)cnn2CCC#N)C1. The number of nitriles is 2. The molecule has 0 bridgehead atoms. The van der Waals surface area contributed by atoms with E-state index in [0.29, 0.717) is 24.5 Å². The molecule has 0 N–H and O–H groups in total. The minimum absolute atomic E-state index is 0.0341. The van der Waals surface area contributed by atoms with Gasteiger partial charge in [0.05, 0.1) is 25.2 Å². The molecular formula is C13H13N5O2S. The molecule has 1 aliphatic heterocycles. The molecule has 0 aliphatic carbocycles. The lowest BCUT2D eigenvalue weighted by Crippen LogP contribution is -2.28. The zero-order valence-electron chi connectivity index (χ0n) is 11.4. The van der Waals surface area contributed by atoms with Crippen molar-refractivity contribution in [2.75, 3.05) is 11.4 Å². The van der Waals surface area contributed by atoms with E-state index in [-0.39, 0.29) is 29.1 Å². The summed E-state index contributed by atoms with van der Waals surface area (Å²) in [7, 11) is 0. The van der Waals surface area contributed by atoms with Crippen LogP contribution in [0.15, 0.2) is 6.20 Å². The van der Waals surface area contributed by atoms with Gasteiger partial charge in [-0.2, -0.15) is 15.6 Å². The highest BCUT2D eigenvalue weighted by atomic mass is 32.2. The third-order valence-corrected chi connectivity index (χ3v) is 4.03. The van der Waals surface area contributed by atoms with Gasteiger partial charge < -0.3 is 0 Å². The molecule has 1 fully saturated rings. The van der Waals surface area contributed by atoms with E-state index in [1.165, 1.54) is 22.7 Å². The minimum atomic E-state index is -0.135. The van der Waals surface area contributed by atoms with Crippen molar-refractivity contribution in [2.24, 2.45) is 0 Å². The van der Waals surface area contributed by atoms with Crippen LogP contribution in [0, 0.1) is 22.7 Å².